The summed E-state index contributed by atoms with van der Waals surface area (Å²) >= 11 is 0. The van der Waals surface area contributed by atoms with Crippen LogP contribution in [0.3, 0.4) is 0 Å². The summed E-state index contributed by atoms with van der Waals surface area (Å²) in [5.41, 5.74) is 0. The molecule has 5 atom stereocenters. The van der Waals surface area contributed by atoms with Crippen molar-refractivity contribution >= 4 is 25.5 Å². The Labute approximate surface area is 320 Å². The molecule has 0 unspecified atom stereocenters. The van der Waals surface area contributed by atoms with Gasteiger partial charge in [-0.15, -0.1) is 0 Å². The molecule has 0 aromatic carbocycles. The van der Waals surface area contributed by atoms with Gasteiger partial charge in [-0.2, -0.15) is 0 Å². The number of carbonyl (C=O) groups excluding carboxylic acids is 3. The lowest BCUT2D eigenvalue weighted by molar-refractivity contribution is -0.161. The normalized spacial score (nSPS) is 18.8. The third kappa shape index (κ3) is 27.6. The smallest absolute Gasteiger partial charge is 0.462 e. The lowest BCUT2D eigenvalue weighted by Crippen LogP contribution is -2.29. The van der Waals surface area contributed by atoms with Crippen LogP contribution in [0.4, 0.5) is 0 Å². The summed E-state index contributed by atoms with van der Waals surface area (Å²) < 4.78 is 26.4. The Kier molecular flexibility index (Phi) is 29.4. The number of hydrogen-bond donors (Lipinski definition) is 4. The van der Waals surface area contributed by atoms with Gasteiger partial charge in [-0.25, -0.2) is 4.57 Å². The molecule has 0 saturated heterocycles. The maximum atomic E-state index is 12.5. The Morgan fingerprint density at radius 2 is 1.23 bits per heavy atom. The van der Waals surface area contributed by atoms with Crippen molar-refractivity contribution in [1.29, 1.82) is 0 Å². The minimum absolute atomic E-state index is 0.0373. The summed E-state index contributed by atoms with van der Waals surface area (Å²) in [5, 5.41) is 20.6. The second-order valence-electron chi connectivity index (χ2n) is 15.1. The molecule has 1 aliphatic rings. The van der Waals surface area contributed by atoms with Gasteiger partial charge in [0.2, 0.25) is 0 Å². The number of phosphoric acid groups is 1. The molecule has 12 heteroatoms. The largest absolute Gasteiger partial charge is 0.469 e. The number of unbranched alkanes of at least 4 members (excludes halogenated alkanes) is 19. The number of carbonyl (C=O) groups is 3. The molecule has 0 spiro atoms. The first-order valence-corrected chi connectivity index (χ1v) is 22.6. The molecule has 1 fully saturated rings. The number of Topliss-reactive ketones (excluding diaryl/α,β-unsaturated/α-hetero) is 1. The molecule has 0 heterocycles. The number of aliphatic hydroxyl groups is 2. The molecule has 0 aromatic rings. The average molecular weight is 775 g/mol. The van der Waals surface area contributed by atoms with Crippen molar-refractivity contribution in [2.75, 3.05) is 13.2 Å². The molecule has 4 N–H and O–H groups in total. The second-order valence-corrected chi connectivity index (χ2v) is 16.3. The molecule has 0 radical (unpaired) electrons. The van der Waals surface area contributed by atoms with Crippen LogP contribution in [0.1, 0.15) is 187 Å². The van der Waals surface area contributed by atoms with Crippen LogP contribution >= 0.6 is 7.82 Å². The van der Waals surface area contributed by atoms with Crippen LogP contribution in [-0.4, -0.2) is 69.2 Å². The van der Waals surface area contributed by atoms with Gasteiger partial charge in [0.25, 0.3) is 0 Å². The van der Waals surface area contributed by atoms with E-state index in [4.69, 9.17) is 19.3 Å². The van der Waals surface area contributed by atoms with E-state index < -0.39 is 44.7 Å². The van der Waals surface area contributed by atoms with Crippen molar-refractivity contribution in [3.63, 3.8) is 0 Å². The first kappa shape index (κ1) is 49.4. The van der Waals surface area contributed by atoms with Gasteiger partial charge in [0.05, 0.1) is 18.8 Å². The first-order chi connectivity index (χ1) is 25.5. The number of ether oxygens (including phenoxy) is 2. The van der Waals surface area contributed by atoms with E-state index in [1.807, 2.05) is 0 Å². The molecule has 0 bridgehead atoms. The van der Waals surface area contributed by atoms with Crippen LogP contribution in [-0.2, 0) is 32.9 Å². The van der Waals surface area contributed by atoms with Crippen LogP contribution in [0.15, 0.2) is 12.2 Å². The SMILES string of the molecule is CCCCCCCCCCCCCCCCCC(=O)OC[C@H](COP(=O)(O)O)OC(=O)CCCCCC[C@H]1C(=O)C[C@@H](O)[C@@H]1/C=C/[C@@H](O)CCCCC. The van der Waals surface area contributed by atoms with Crippen LogP contribution in [0.2, 0.25) is 0 Å². The maximum Gasteiger partial charge on any atom is 0.469 e. The van der Waals surface area contributed by atoms with Gasteiger partial charge in [0, 0.05) is 31.1 Å². The Bertz CT molecular complexity index is 1030. The average Bonchev–Trinajstić information content (AvgIpc) is 3.38. The third-order valence-electron chi connectivity index (χ3n) is 10.2. The Morgan fingerprint density at radius 1 is 0.736 bits per heavy atom. The zero-order chi connectivity index (χ0) is 39.2. The first-order valence-electron chi connectivity index (χ1n) is 21.1. The van der Waals surface area contributed by atoms with Crippen molar-refractivity contribution in [2.24, 2.45) is 11.8 Å². The molecule has 1 rings (SSSR count). The number of esters is 2. The van der Waals surface area contributed by atoms with Crippen molar-refractivity contribution in [2.45, 2.75) is 206 Å². The minimum Gasteiger partial charge on any atom is -0.462 e. The van der Waals surface area contributed by atoms with Crippen molar-refractivity contribution < 1.29 is 52.9 Å². The highest BCUT2D eigenvalue weighted by atomic mass is 31.2. The van der Waals surface area contributed by atoms with E-state index in [1.165, 1.54) is 70.6 Å². The molecule has 1 aliphatic carbocycles. The zero-order valence-corrected chi connectivity index (χ0v) is 34.0. The molecule has 1 saturated carbocycles. The molecule has 310 valence electrons. The Balaban J connectivity index is 2.26. The lowest BCUT2D eigenvalue weighted by atomic mass is 9.88. The topological polar surface area (TPSA) is 177 Å². The standard InChI is InChI=1S/C41H75O11P/c1-3-5-7-8-9-10-11-12-13-14-15-16-17-18-23-27-40(45)50-32-35(33-51-53(47,48)49)52-41(46)28-24-20-19-22-26-36-37(39(44)31-38(36)43)30-29-34(42)25-21-6-4-2/h29-30,34-37,39,42,44H,3-28,31-33H2,1-2H3,(H2,47,48,49)/b30-29+/t34-,35+,36+,37+,39+/m0/s1. The monoisotopic (exact) mass is 775 g/mol. The molecule has 53 heavy (non-hydrogen) atoms. The maximum absolute atomic E-state index is 12.5. The third-order valence-corrected chi connectivity index (χ3v) is 10.7. The predicted molar refractivity (Wildman–Crippen MR) is 208 cm³/mol. The molecule has 0 amide bonds. The van der Waals surface area contributed by atoms with Gasteiger partial charge in [-0.1, -0.05) is 154 Å². The number of ketones is 1. The summed E-state index contributed by atoms with van der Waals surface area (Å²) in [6.45, 7) is 3.40. The summed E-state index contributed by atoms with van der Waals surface area (Å²) in [6.07, 6.45) is 26.9. The second kappa shape index (κ2) is 31.6. The fraction of sp³-hybridized carbons (Fsp3) is 0.878. The van der Waals surface area contributed by atoms with Crippen molar-refractivity contribution in [3.8, 4) is 0 Å². The molecule has 0 aromatic heterocycles. The number of phosphoric ester groups is 1. The lowest BCUT2D eigenvalue weighted by Gasteiger charge is -2.19. The number of aliphatic hydroxyl groups excluding tert-OH is 2. The number of rotatable bonds is 35. The molecule has 0 aliphatic heterocycles. The van der Waals surface area contributed by atoms with Gasteiger partial charge >= 0.3 is 19.8 Å². The van der Waals surface area contributed by atoms with E-state index in [9.17, 15) is 29.2 Å². The van der Waals surface area contributed by atoms with E-state index in [1.54, 1.807) is 12.2 Å². The van der Waals surface area contributed by atoms with E-state index in [0.717, 1.165) is 51.4 Å². The summed E-state index contributed by atoms with van der Waals surface area (Å²) in [7, 11) is -4.82. The van der Waals surface area contributed by atoms with Crippen molar-refractivity contribution in [3.05, 3.63) is 12.2 Å². The fourth-order valence-electron chi connectivity index (χ4n) is 6.98. The van der Waals surface area contributed by atoms with Gasteiger partial charge in [0.15, 0.2) is 6.10 Å². The van der Waals surface area contributed by atoms with E-state index in [-0.39, 0.29) is 43.5 Å². The molecular weight excluding hydrogens is 699 g/mol. The Hall–Kier alpha value is -1.62. The van der Waals surface area contributed by atoms with Crippen LogP contribution in [0, 0.1) is 11.8 Å². The van der Waals surface area contributed by atoms with E-state index in [0.29, 0.717) is 32.1 Å². The van der Waals surface area contributed by atoms with Gasteiger partial charge < -0.3 is 29.5 Å². The molecule has 11 nitrogen and oxygen atoms in total. The highest BCUT2D eigenvalue weighted by Gasteiger charge is 2.39. The van der Waals surface area contributed by atoms with Crippen LogP contribution in [0.25, 0.3) is 0 Å². The van der Waals surface area contributed by atoms with Crippen LogP contribution < -0.4 is 0 Å². The predicted octanol–water partition coefficient (Wildman–Crippen LogP) is 9.22. The summed E-state index contributed by atoms with van der Waals surface area (Å²) in [4.78, 5) is 55.6. The summed E-state index contributed by atoms with van der Waals surface area (Å²) in [5.74, 6) is -1.59. The van der Waals surface area contributed by atoms with Crippen molar-refractivity contribution in [1.82, 2.24) is 0 Å². The van der Waals surface area contributed by atoms with E-state index >= 15 is 0 Å². The van der Waals surface area contributed by atoms with Gasteiger partial charge in [0.1, 0.15) is 12.4 Å². The Morgan fingerprint density at radius 3 is 1.77 bits per heavy atom. The van der Waals surface area contributed by atoms with E-state index in [2.05, 4.69) is 18.4 Å². The number of hydrogen-bond acceptors (Lipinski definition) is 9. The van der Waals surface area contributed by atoms with Gasteiger partial charge in [-0.3, -0.25) is 18.9 Å². The van der Waals surface area contributed by atoms with Gasteiger partial charge in [-0.05, 0) is 25.7 Å². The highest BCUT2D eigenvalue weighted by Crippen LogP contribution is 2.36. The summed E-state index contributed by atoms with van der Waals surface area (Å²) in [6, 6.07) is 0. The fourth-order valence-corrected chi connectivity index (χ4v) is 7.34. The molecular formula is C41H75O11P. The zero-order valence-electron chi connectivity index (χ0n) is 33.1. The minimum atomic E-state index is -4.82. The highest BCUT2D eigenvalue weighted by molar-refractivity contribution is 7.46. The van der Waals surface area contributed by atoms with Crippen LogP contribution in [0.5, 0.6) is 0 Å². The quantitative estimate of drug-likeness (QED) is 0.0209.